The first-order valence-electron chi connectivity index (χ1n) is 7.48. The molecule has 0 aliphatic carbocycles. The summed E-state index contributed by atoms with van der Waals surface area (Å²) in [5, 5.41) is 0. The molecule has 130 valence electrons. The van der Waals surface area contributed by atoms with Crippen LogP contribution in [0.15, 0.2) is 55.1 Å². The third kappa shape index (κ3) is 4.91. The standard InChI is InChI=1S/C19H23NO3.ClH/c1-4-8-16(20)15-11-18(21-2)19(22-3)12-17(15)23-13-14-9-6-5-7-10-14;/h4-7,9-12,16H,1,8,13,20H2,2-3H3;1H/t16-;/m1./s1. The van der Waals surface area contributed by atoms with Crippen molar-refractivity contribution in [3.05, 3.63) is 66.2 Å². The highest BCUT2D eigenvalue weighted by Gasteiger charge is 2.17. The summed E-state index contributed by atoms with van der Waals surface area (Å²) in [5.41, 5.74) is 8.20. The summed E-state index contributed by atoms with van der Waals surface area (Å²) in [7, 11) is 3.20. The number of nitrogens with two attached hydrogens (primary N) is 1. The summed E-state index contributed by atoms with van der Waals surface area (Å²) >= 11 is 0. The summed E-state index contributed by atoms with van der Waals surface area (Å²) in [5.74, 6) is 1.94. The normalized spacial score (nSPS) is 11.1. The maximum absolute atomic E-state index is 6.24. The van der Waals surface area contributed by atoms with Gasteiger partial charge in [-0.1, -0.05) is 36.4 Å². The van der Waals surface area contributed by atoms with Gasteiger partial charge in [0.15, 0.2) is 11.5 Å². The summed E-state index contributed by atoms with van der Waals surface area (Å²) in [6.45, 7) is 4.21. The van der Waals surface area contributed by atoms with E-state index < -0.39 is 0 Å². The molecule has 0 aliphatic rings. The van der Waals surface area contributed by atoms with E-state index in [4.69, 9.17) is 19.9 Å². The number of ether oxygens (including phenoxy) is 3. The molecule has 24 heavy (non-hydrogen) atoms. The van der Waals surface area contributed by atoms with Gasteiger partial charge in [0, 0.05) is 17.7 Å². The van der Waals surface area contributed by atoms with Crippen LogP contribution in [0.3, 0.4) is 0 Å². The molecule has 0 bridgehead atoms. The van der Waals surface area contributed by atoms with Crippen LogP contribution in [-0.2, 0) is 6.61 Å². The lowest BCUT2D eigenvalue weighted by atomic mass is 10.0. The maximum atomic E-state index is 6.24. The molecule has 0 aromatic heterocycles. The molecule has 5 heteroatoms. The van der Waals surface area contributed by atoms with Crippen molar-refractivity contribution in [3.8, 4) is 17.2 Å². The average molecular weight is 350 g/mol. The molecule has 0 amide bonds. The zero-order valence-corrected chi connectivity index (χ0v) is 14.8. The highest BCUT2D eigenvalue weighted by Crippen LogP contribution is 2.38. The van der Waals surface area contributed by atoms with Crippen LogP contribution in [0.5, 0.6) is 17.2 Å². The van der Waals surface area contributed by atoms with E-state index in [1.807, 2.05) is 42.5 Å². The minimum atomic E-state index is -0.210. The number of benzene rings is 2. The topological polar surface area (TPSA) is 53.7 Å². The fourth-order valence-corrected chi connectivity index (χ4v) is 2.33. The Bertz CT molecular complexity index is 647. The average Bonchev–Trinajstić information content (AvgIpc) is 2.60. The number of hydrogen-bond acceptors (Lipinski definition) is 4. The van der Waals surface area contributed by atoms with Crippen LogP contribution in [0, 0.1) is 0 Å². The van der Waals surface area contributed by atoms with Crippen molar-refractivity contribution in [1.82, 2.24) is 0 Å². The zero-order valence-electron chi connectivity index (χ0n) is 14.0. The van der Waals surface area contributed by atoms with E-state index in [-0.39, 0.29) is 18.4 Å². The first-order valence-corrected chi connectivity index (χ1v) is 7.48. The van der Waals surface area contributed by atoms with Gasteiger partial charge in [-0.15, -0.1) is 19.0 Å². The van der Waals surface area contributed by atoms with Crippen LogP contribution in [0.2, 0.25) is 0 Å². The largest absolute Gasteiger partial charge is 0.493 e. The van der Waals surface area contributed by atoms with E-state index in [1.165, 1.54) is 0 Å². The van der Waals surface area contributed by atoms with Gasteiger partial charge in [-0.3, -0.25) is 0 Å². The van der Waals surface area contributed by atoms with E-state index in [2.05, 4.69) is 6.58 Å². The number of hydrogen-bond donors (Lipinski definition) is 1. The highest BCUT2D eigenvalue weighted by molar-refractivity contribution is 5.85. The van der Waals surface area contributed by atoms with E-state index in [0.29, 0.717) is 30.3 Å². The van der Waals surface area contributed by atoms with E-state index in [1.54, 1.807) is 20.3 Å². The molecule has 2 aromatic rings. The van der Waals surface area contributed by atoms with Crippen molar-refractivity contribution < 1.29 is 14.2 Å². The molecule has 0 saturated carbocycles. The van der Waals surface area contributed by atoms with Crippen LogP contribution < -0.4 is 19.9 Å². The molecule has 0 saturated heterocycles. The van der Waals surface area contributed by atoms with E-state index in [9.17, 15) is 0 Å². The second kappa shape index (κ2) is 9.85. The molecule has 0 spiro atoms. The minimum Gasteiger partial charge on any atom is -0.493 e. The van der Waals surface area contributed by atoms with Gasteiger partial charge in [-0.05, 0) is 18.1 Å². The van der Waals surface area contributed by atoms with Gasteiger partial charge in [0.25, 0.3) is 0 Å². The van der Waals surface area contributed by atoms with Gasteiger partial charge in [0.1, 0.15) is 12.4 Å². The van der Waals surface area contributed by atoms with Crippen LogP contribution in [0.25, 0.3) is 0 Å². The fourth-order valence-electron chi connectivity index (χ4n) is 2.33. The van der Waals surface area contributed by atoms with Crippen molar-refractivity contribution in [3.63, 3.8) is 0 Å². The molecule has 2 aromatic carbocycles. The Hall–Kier alpha value is -2.17. The molecule has 0 heterocycles. The Morgan fingerprint density at radius 1 is 1.04 bits per heavy atom. The fraction of sp³-hybridized carbons (Fsp3) is 0.263. The van der Waals surface area contributed by atoms with Gasteiger partial charge in [-0.25, -0.2) is 0 Å². The molecular formula is C19H24ClNO3. The molecule has 0 unspecified atom stereocenters. The molecule has 1 atom stereocenters. The number of methoxy groups -OCH3 is 2. The lowest BCUT2D eigenvalue weighted by Gasteiger charge is -2.19. The van der Waals surface area contributed by atoms with Crippen molar-refractivity contribution in [2.45, 2.75) is 19.1 Å². The number of halogens is 1. The zero-order chi connectivity index (χ0) is 16.7. The molecule has 0 radical (unpaired) electrons. The SMILES string of the molecule is C=CC[C@@H](N)c1cc(OC)c(OC)cc1OCc1ccccc1.Cl. The molecule has 0 aliphatic heterocycles. The van der Waals surface area contributed by atoms with E-state index in [0.717, 1.165) is 11.1 Å². The first-order chi connectivity index (χ1) is 11.2. The van der Waals surface area contributed by atoms with Crippen molar-refractivity contribution >= 4 is 12.4 Å². The first kappa shape index (κ1) is 19.9. The lowest BCUT2D eigenvalue weighted by Crippen LogP contribution is -2.12. The quantitative estimate of drug-likeness (QED) is 0.723. The predicted octanol–water partition coefficient (Wildman–Crippen LogP) is 4.28. The molecule has 0 fully saturated rings. The summed E-state index contributed by atoms with van der Waals surface area (Å²) in [6, 6.07) is 13.5. The highest BCUT2D eigenvalue weighted by atomic mass is 35.5. The Balaban J connectivity index is 0.00000288. The van der Waals surface area contributed by atoms with Crippen LogP contribution in [0.4, 0.5) is 0 Å². The van der Waals surface area contributed by atoms with Crippen LogP contribution in [0.1, 0.15) is 23.6 Å². The monoisotopic (exact) mass is 349 g/mol. The summed E-state index contributed by atoms with van der Waals surface area (Å²) in [6.07, 6.45) is 2.44. The second-order valence-electron chi connectivity index (χ2n) is 5.15. The van der Waals surface area contributed by atoms with Crippen molar-refractivity contribution in [1.29, 1.82) is 0 Å². The summed E-state index contributed by atoms with van der Waals surface area (Å²) < 4.78 is 16.7. The Labute approximate surface area is 149 Å². The van der Waals surface area contributed by atoms with Crippen LogP contribution >= 0.6 is 12.4 Å². The summed E-state index contributed by atoms with van der Waals surface area (Å²) in [4.78, 5) is 0. The molecule has 2 rings (SSSR count). The third-order valence-electron chi connectivity index (χ3n) is 3.57. The van der Waals surface area contributed by atoms with Gasteiger partial charge in [0.2, 0.25) is 0 Å². The Morgan fingerprint density at radius 3 is 2.25 bits per heavy atom. The maximum Gasteiger partial charge on any atom is 0.164 e. The Kier molecular flexibility index (Phi) is 8.16. The molecular weight excluding hydrogens is 326 g/mol. The van der Waals surface area contributed by atoms with E-state index >= 15 is 0 Å². The molecule has 2 N–H and O–H groups in total. The van der Waals surface area contributed by atoms with Gasteiger partial charge >= 0.3 is 0 Å². The molecule has 4 nitrogen and oxygen atoms in total. The van der Waals surface area contributed by atoms with Crippen LogP contribution in [-0.4, -0.2) is 14.2 Å². The number of rotatable bonds is 8. The van der Waals surface area contributed by atoms with Gasteiger partial charge < -0.3 is 19.9 Å². The third-order valence-corrected chi connectivity index (χ3v) is 3.57. The van der Waals surface area contributed by atoms with Crippen molar-refractivity contribution in [2.75, 3.05) is 14.2 Å². The smallest absolute Gasteiger partial charge is 0.164 e. The minimum absolute atomic E-state index is 0. The lowest BCUT2D eigenvalue weighted by molar-refractivity contribution is 0.295. The predicted molar refractivity (Wildman–Crippen MR) is 99.3 cm³/mol. The van der Waals surface area contributed by atoms with Gasteiger partial charge in [-0.2, -0.15) is 0 Å². The Morgan fingerprint density at radius 2 is 1.67 bits per heavy atom. The second-order valence-corrected chi connectivity index (χ2v) is 5.15. The van der Waals surface area contributed by atoms with Gasteiger partial charge in [0.05, 0.1) is 14.2 Å². The van der Waals surface area contributed by atoms with Crippen molar-refractivity contribution in [2.24, 2.45) is 5.73 Å².